The molecule has 0 aliphatic heterocycles. The van der Waals surface area contributed by atoms with E-state index < -0.39 is 11.4 Å². The van der Waals surface area contributed by atoms with Gasteiger partial charge in [-0.05, 0) is 26.3 Å². The molecule has 0 aliphatic rings. The summed E-state index contributed by atoms with van der Waals surface area (Å²) in [5.74, 6) is -0.799. The van der Waals surface area contributed by atoms with Gasteiger partial charge in [0.05, 0.1) is 6.61 Å². The minimum atomic E-state index is -0.917. The summed E-state index contributed by atoms with van der Waals surface area (Å²) in [6.07, 6.45) is 0. The third kappa shape index (κ3) is 4.05. The van der Waals surface area contributed by atoms with Gasteiger partial charge in [0, 0.05) is 26.2 Å². The molecule has 0 heterocycles. The Kier molecular flexibility index (Phi) is 6.17. The molecule has 0 radical (unpaired) electrons. The molecule has 4 heteroatoms. The Bertz CT molecular complexity index is 419. The Labute approximate surface area is 121 Å². The predicted molar refractivity (Wildman–Crippen MR) is 80.0 cm³/mol. The van der Waals surface area contributed by atoms with Gasteiger partial charge >= 0.3 is 5.97 Å². The molecule has 4 nitrogen and oxygen atoms in total. The van der Waals surface area contributed by atoms with Crippen molar-refractivity contribution in [2.24, 2.45) is 0 Å². The summed E-state index contributed by atoms with van der Waals surface area (Å²) in [6.45, 7) is 7.72. The number of hydrogen-bond donors (Lipinski definition) is 1. The molecule has 0 spiro atoms. The van der Waals surface area contributed by atoms with Crippen LogP contribution in [-0.2, 0) is 14.9 Å². The van der Waals surface area contributed by atoms with Gasteiger partial charge in [0.15, 0.2) is 0 Å². The van der Waals surface area contributed by atoms with Crippen LogP contribution in [0.4, 0.5) is 0 Å². The SMILES string of the molecule is COCCN(CC(C)(C(=O)O)c1ccccc1)C(C)C. The van der Waals surface area contributed by atoms with E-state index in [1.54, 1.807) is 14.0 Å². The molecule has 1 unspecified atom stereocenters. The molecule has 0 bridgehead atoms. The number of rotatable bonds is 8. The van der Waals surface area contributed by atoms with E-state index in [0.29, 0.717) is 13.2 Å². The average molecular weight is 279 g/mol. The van der Waals surface area contributed by atoms with Crippen molar-refractivity contribution in [1.29, 1.82) is 0 Å². The molecule has 1 atom stereocenters. The maximum atomic E-state index is 11.8. The zero-order valence-corrected chi connectivity index (χ0v) is 12.8. The maximum Gasteiger partial charge on any atom is 0.315 e. The number of ether oxygens (including phenoxy) is 1. The summed E-state index contributed by atoms with van der Waals surface area (Å²) in [6, 6.07) is 9.69. The Balaban J connectivity index is 2.98. The first-order valence-electron chi connectivity index (χ1n) is 6.93. The van der Waals surface area contributed by atoms with Crippen LogP contribution in [0.25, 0.3) is 0 Å². The van der Waals surface area contributed by atoms with Crippen molar-refractivity contribution in [2.45, 2.75) is 32.2 Å². The van der Waals surface area contributed by atoms with Crippen LogP contribution in [0.3, 0.4) is 0 Å². The van der Waals surface area contributed by atoms with E-state index in [1.807, 2.05) is 30.3 Å². The molecule has 112 valence electrons. The molecule has 0 saturated carbocycles. The number of carboxylic acids is 1. The van der Waals surface area contributed by atoms with Crippen LogP contribution in [0.5, 0.6) is 0 Å². The molecule has 1 N–H and O–H groups in total. The van der Waals surface area contributed by atoms with E-state index in [2.05, 4.69) is 18.7 Å². The van der Waals surface area contributed by atoms with Crippen LogP contribution in [0.15, 0.2) is 30.3 Å². The Morgan fingerprint density at radius 3 is 2.40 bits per heavy atom. The second kappa shape index (κ2) is 7.41. The molecule has 20 heavy (non-hydrogen) atoms. The lowest BCUT2D eigenvalue weighted by molar-refractivity contribution is -0.144. The molecule has 0 aromatic heterocycles. The quantitative estimate of drug-likeness (QED) is 0.794. The summed E-state index contributed by atoms with van der Waals surface area (Å²) in [5.41, 5.74) is -0.0882. The number of hydrogen-bond acceptors (Lipinski definition) is 3. The first-order chi connectivity index (χ1) is 9.41. The van der Waals surface area contributed by atoms with E-state index in [9.17, 15) is 9.90 Å². The van der Waals surface area contributed by atoms with E-state index in [0.717, 1.165) is 12.1 Å². The normalized spacial score (nSPS) is 14.5. The number of methoxy groups -OCH3 is 1. The molecular formula is C16H25NO3. The zero-order valence-electron chi connectivity index (χ0n) is 12.8. The van der Waals surface area contributed by atoms with E-state index >= 15 is 0 Å². The van der Waals surface area contributed by atoms with Crippen molar-refractivity contribution in [3.05, 3.63) is 35.9 Å². The molecule has 0 amide bonds. The first kappa shape index (κ1) is 16.7. The minimum Gasteiger partial charge on any atom is -0.481 e. The van der Waals surface area contributed by atoms with Gasteiger partial charge in [-0.2, -0.15) is 0 Å². The van der Waals surface area contributed by atoms with Gasteiger partial charge in [-0.25, -0.2) is 0 Å². The van der Waals surface area contributed by atoms with Gasteiger partial charge in [0.25, 0.3) is 0 Å². The van der Waals surface area contributed by atoms with Crippen molar-refractivity contribution in [1.82, 2.24) is 4.90 Å². The van der Waals surface area contributed by atoms with Crippen LogP contribution >= 0.6 is 0 Å². The van der Waals surface area contributed by atoms with Crippen molar-refractivity contribution in [2.75, 3.05) is 26.8 Å². The average Bonchev–Trinajstić information content (AvgIpc) is 2.43. The van der Waals surface area contributed by atoms with Crippen LogP contribution in [0.2, 0.25) is 0 Å². The number of carbonyl (C=O) groups is 1. The predicted octanol–water partition coefficient (Wildman–Crippen LogP) is 2.39. The van der Waals surface area contributed by atoms with Crippen molar-refractivity contribution < 1.29 is 14.6 Å². The summed E-state index contributed by atoms with van der Waals surface area (Å²) in [7, 11) is 1.66. The molecular weight excluding hydrogens is 254 g/mol. The van der Waals surface area contributed by atoms with E-state index in [1.165, 1.54) is 0 Å². The zero-order chi connectivity index (χ0) is 15.2. The highest BCUT2D eigenvalue weighted by atomic mass is 16.5. The largest absolute Gasteiger partial charge is 0.481 e. The van der Waals surface area contributed by atoms with Crippen molar-refractivity contribution in [3.63, 3.8) is 0 Å². The third-order valence-electron chi connectivity index (χ3n) is 3.72. The first-order valence-corrected chi connectivity index (χ1v) is 6.93. The van der Waals surface area contributed by atoms with Gasteiger partial charge in [-0.3, -0.25) is 9.69 Å². The smallest absolute Gasteiger partial charge is 0.315 e. The lowest BCUT2D eigenvalue weighted by Crippen LogP contribution is -2.48. The highest BCUT2D eigenvalue weighted by Gasteiger charge is 2.37. The lowest BCUT2D eigenvalue weighted by atomic mass is 9.81. The van der Waals surface area contributed by atoms with Gasteiger partial charge < -0.3 is 9.84 Å². The summed E-state index contributed by atoms with van der Waals surface area (Å²) >= 11 is 0. The standard InChI is InChI=1S/C16H25NO3/c1-13(2)17(10-11-20-4)12-16(3,15(18)19)14-8-6-5-7-9-14/h5-9,13H,10-12H2,1-4H3,(H,18,19). The Hall–Kier alpha value is -1.39. The number of aliphatic carboxylic acids is 1. The molecule has 1 aromatic carbocycles. The fourth-order valence-corrected chi connectivity index (χ4v) is 2.22. The lowest BCUT2D eigenvalue weighted by Gasteiger charge is -2.35. The Morgan fingerprint density at radius 1 is 1.35 bits per heavy atom. The van der Waals surface area contributed by atoms with E-state index in [-0.39, 0.29) is 6.04 Å². The number of carboxylic acid groups (broad SMARTS) is 1. The number of benzene rings is 1. The highest BCUT2D eigenvalue weighted by Crippen LogP contribution is 2.26. The molecule has 1 rings (SSSR count). The fraction of sp³-hybridized carbons (Fsp3) is 0.562. The van der Waals surface area contributed by atoms with Crippen LogP contribution in [0, 0.1) is 0 Å². The van der Waals surface area contributed by atoms with E-state index in [4.69, 9.17) is 4.74 Å². The summed E-state index contributed by atoms with van der Waals surface area (Å²) in [5, 5.41) is 9.68. The van der Waals surface area contributed by atoms with Gasteiger partial charge in [0.1, 0.15) is 5.41 Å². The number of nitrogens with zero attached hydrogens (tertiary/aromatic N) is 1. The highest BCUT2D eigenvalue weighted by molar-refractivity contribution is 5.81. The van der Waals surface area contributed by atoms with Crippen LogP contribution in [-0.4, -0.2) is 48.8 Å². The Morgan fingerprint density at radius 2 is 1.95 bits per heavy atom. The third-order valence-corrected chi connectivity index (χ3v) is 3.72. The topological polar surface area (TPSA) is 49.8 Å². The fourth-order valence-electron chi connectivity index (χ4n) is 2.22. The second-order valence-electron chi connectivity index (χ2n) is 5.56. The maximum absolute atomic E-state index is 11.8. The van der Waals surface area contributed by atoms with Crippen LogP contribution in [0.1, 0.15) is 26.3 Å². The monoisotopic (exact) mass is 279 g/mol. The molecule has 0 fully saturated rings. The van der Waals surface area contributed by atoms with Gasteiger partial charge in [-0.15, -0.1) is 0 Å². The summed E-state index contributed by atoms with van der Waals surface area (Å²) in [4.78, 5) is 13.9. The van der Waals surface area contributed by atoms with Crippen LogP contribution < -0.4 is 0 Å². The van der Waals surface area contributed by atoms with Crippen molar-refractivity contribution >= 4 is 5.97 Å². The van der Waals surface area contributed by atoms with Gasteiger partial charge in [-0.1, -0.05) is 30.3 Å². The van der Waals surface area contributed by atoms with Gasteiger partial charge in [0.2, 0.25) is 0 Å². The molecule has 0 saturated heterocycles. The second-order valence-corrected chi connectivity index (χ2v) is 5.56. The molecule has 0 aliphatic carbocycles. The minimum absolute atomic E-state index is 0.271. The summed E-state index contributed by atoms with van der Waals surface area (Å²) < 4.78 is 5.11. The molecule has 1 aromatic rings. The van der Waals surface area contributed by atoms with Crippen molar-refractivity contribution in [3.8, 4) is 0 Å².